The van der Waals surface area contributed by atoms with Crippen LogP contribution in [0.1, 0.15) is 66.6 Å². The molecule has 0 unspecified atom stereocenters. The van der Waals surface area contributed by atoms with Gasteiger partial charge in [0.2, 0.25) is 11.8 Å². The van der Waals surface area contributed by atoms with Crippen LogP contribution in [-0.2, 0) is 38.7 Å². The molecule has 6 rings (SSSR count). The molecular formula is C35H37BrFN7O5. The van der Waals surface area contributed by atoms with Gasteiger partial charge in [-0.05, 0) is 65.0 Å². The normalized spacial score (nSPS) is 20.9. The van der Waals surface area contributed by atoms with E-state index in [2.05, 4.69) is 41.3 Å². The molecule has 256 valence electrons. The first-order chi connectivity index (χ1) is 23.5. The molecule has 5 heterocycles. The lowest BCUT2D eigenvalue weighted by Crippen LogP contribution is -2.44. The van der Waals surface area contributed by atoms with Crippen LogP contribution in [0.15, 0.2) is 47.3 Å². The molecule has 1 fully saturated rings. The summed E-state index contributed by atoms with van der Waals surface area (Å²) in [7, 11) is 0. The molecule has 3 aromatic heterocycles. The number of carbonyl (C=O) groups is 4. The number of amides is 2. The molecule has 2 aliphatic heterocycles. The number of nitrogens with one attached hydrogen (secondary N) is 1. The number of ether oxygens (including phenoxy) is 1. The highest BCUT2D eigenvalue weighted by molar-refractivity contribution is 9.10. The molecule has 2 atom stereocenters. The summed E-state index contributed by atoms with van der Waals surface area (Å²) >= 11 is 3.38. The minimum Gasteiger partial charge on any atom is -0.377 e. The average Bonchev–Trinajstić information content (AvgIpc) is 3.62. The number of halogens is 2. The van der Waals surface area contributed by atoms with Crippen LogP contribution in [-0.4, -0.2) is 84.4 Å². The number of hydrogen-bond donors (Lipinski definition) is 1. The Hall–Kier alpha value is -4.43. The van der Waals surface area contributed by atoms with E-state index in [-0.39, 0.29) is 68.7 Å². The molecule has 2 aliphatic rings. The third-order valence-electron chi connectivity index (χ3n) is 8.99. The molecular weight excluding hydrogens is 697 g/mol. The number of rotatable bonds is 4. The standard InChI is InChI=1S/C35H37BrFN7O5/c1-21(45)34-26-12-23(25-15-38-22(2)39-16-25)7-9-28(26)44(42-34)17-33(48)43-20-35(37)14-29(43)30(46)13-27-24(8-10-31(36)41-27)18-49-11-5-3-4-6-32(47)40-19-35/h7-10,12,15-16,29H,3-6,11,13-14,17-20H2,1-2H3,(H,40,47)/t29-,35-/m0/s1. The number of nitrogens with zero attached hydrogens (tertiary/aromatic N) is 6. The lowest BCUT2D eigenvalue weighted by molar-refractivity contribution is -0.138. The molecule has 0 radical (unpaired) electrons. The predicted octanol–water partition coefficient (Wildman–Crippen LogP) is 4.49. The van der Waals surface area contributed by atoms with E-state index in [1.165, 1.54) is 16.5 Å². The summed E-state index contributed by atoms with van der Waals surface area (Å²) in [5.41, 5.74) is 1.42. The minimum absolute atomic E-state index is 0.139. The second kappa shape index (κ2) is 14.6. The number of Topliss-reactive ketones (excluding diaryl/α,β-unsaturated/α-hetero) is 2. The Morgan fingerprint density at radius 3 is 2.67 bits per heavy atom. The molecule has 2 amide bonds. The number of aryl methyl sites for hydroxylation is 1. The first-order valence-corrected chi connectivity index (χ1v) is 17.1. The maximum absolute atomic E-state index is 16.5. The highest BCUT2D eigenvalue weighted by atomic mass is 79.9. The number of carbonyl (C=O) groups excluding carboxylic acids is 4. The van der Waals surface area contributed by atoms with Gasteiger partial charge in [0, 0.05) is 49.7 Å². The summed E-state index contributed by atoms with van der Waals surface area (Å²) < 4.78 is 24.3. The van der Waals surface area contributed by atoms with Gasteiger partial charge < -0.3 is 15.0 Å². The molecule has 14 heteroatoms. The quantitative estimate of drug-likeness (QED) is 0.237. The maximum Gasteiger partial charge on any atom is 0.245 e. The van der Waals surface area contributed by atoms with Crippen LogP contribution in [0.2, 0.25) is 0 Å². The average molecular weight is 735 g/mol. The van der Waals surface area contributed by atoms with Crippen molar-refractivity contribution in [2.24, 2.45) is 0 Å². The van der Waals surface area contributed by atoms with Crippen LogP contribution in [0, 0.1) is 6.92 Å². The lowest BCUT2D eigenvalue weighted by atomic mass is 9.97. The fraction of sp³-hybridized carbons (Fsp3) is 0.429. The van der Waals surface area contributed by atoms with Crippen LogP contribution in [0.5, 0.6) is 0 Å². The summed E-state index contributed by atoms with van der Waals surface area (Å²) in [6.45, 7) is 2.86. The Morgan fingerprint density at radius 2 is 1.90 bits per heavy atom. The van der Waals surface area contributed by atoms with Gasteiger partial charge in [-0.1, -0.05) is 18.6 Å². The van der Waals surface area contributed by atoms with Crippen molar-refractivity contribution < 1.29 is 28.3 Å². The summed E-state index contributed by atoms with van der Waals surface area (Å²) in [5, 5.41) is 7.70. The first kappa shape index (κ1) is 34.4. The van der Waals surface area contributed by atoms with Gasteiger partial charge in [0.05, 0.1) is 43.4 Å². The maximum atomic E-state index is 16.5. The highest BCUT2D eigenvalue weighted by Gasteiger charge is 2.49. The SMILES string of the molecule is CC(=O)c1nn(CC(=O)N2C[C@@]3(F)CNC(=O)CCCCCOCc4ccc(Br)nc4CC(=O)[C@@H]2C3)c2ccc(-c3cnc(C)nc3)cc12. The van der Waals surface area contributed by atoms with Crippen molar-refractivity contribution in [3.05, 3.63) is 70.1 Å². The van der Waals surface area contributed by atoms with Gasteiger partial charge in [0.1, 0.15) is 28.3 Å². The molecule has 1 saturated heterocycles. The van der Waals surface area contributed by atoms with Crippen molar-refractivity contribution in [3.8, 4) is 11.1 Å². The second-order valence-electron chi connectivity index (χ2n) is 12.7. The topological polar surface area (TPSA) is 149 Å². The summed E-state index contributed by atoms with van der Waals surface area (Å²) in [5.74, 6) is -0.869. The van der Waals surface area contributed by atoms with Crippen molar-refractivity contribution in [2.45, 2.75) is 77.2 Å². The number of benzene rings is 1. The zero-order chi connectivity index (χ0) is 34.7. The van der Waals surface area contributed by atoms with E-state index in [4.69, 9.17) is 4.74 Å². The molecule has 0 aliphatic carbocycles. The minimum atomic E-state index is -2.03. The number of ketones is 2. The molecule has 4 aromatic rings. The van der Waals surface area contributed by atoms with Crippen molar-refractivity contribution in [3.63, 3.8) is 0 Å². The smallest absolute Gasteiger partial charge is 0.245 e. The Balaban J connectivity index is 1.31. The van der Waals surface area contributed by atoms with Gasteiger partial charge in [0.15, 0.2) is 11.6 Å². The predicted molar refractivity (Wildman–Crippen MR) is 181 cm³/mol. The summed E-state index contributed by atoms with van der Waals surface area (Å²) in [6, 6.07) is 7.88. The highest BCUT2D eigenvalue weighted by Crippen LogP contribution is 2.33. The molecule has 2 bridgehead atoms. The Morgan fingerprint density at radius 1 is 1.10 bits per heavy atom. The van der Waals surface area contributed by atoms with E-state index in [0.717, 1.165) is 29.5 Å². The largest absolute Gasteiger partial charge is 0.377 e. The number of pyridine rings is 1. The fourth-order valence-electron chi connectivity index (χ4n) is 6.38. The Kier molecular flexibility index (Phi) is 10.3. The summed E-state index contributed by atoms with van der Waals surface area (Å²) in [6.07, 6.45) is 5.37. The molecule has 0 saturated carbocycles. The third-order valence-corrected chi connectivity index (χ3v) is 9.43. The number of alkyl halides is 1. The van der Waals surface area contributed by atoms with Gasteiger partial charge in [-0.25, -0.2) is 19.3 Å². The van der Waals surface area contributed by atoms with Crippen LogP contribution in [0.3, 0.4) is 0 Å². The Labute approximate surface area is 291 Å². The number of likely N-dealkylation sites (tertiary alicyclic amines) is 1. The molecule has 49 heavy (non-hydrogen) atoms. The summed E-state index contributed by atoms with van der Waals surface area (Å²) in [4.78, 5) is 67.5. The molecule has 1 aromatic carbocycles. The van der Waals surface area contributed by atoms with E-state index in [1.807, 2.05) is 12.1 Å². The number of fused-ring (bicyclic) bond motifs is 4. The van der Waals surface area contributed by atoms with Crippen LogP contribution >= 0.6 is 15.9 Å². The van der Waals surface area contributed by atoms with Crippen molar-refractivity contribution in [2.75, 3.05) is 19.7 Å². The van der Waals surface area contributed by atoms with Gasteiger partial charge in [-0.3, -0.25) is 23.9 Å². The van der Waals surface area contributed by atoms with Crippen LogP contribution in [0.4, 0.5) is 4.39 Å². The van der Waals surface area contributed by atoms with E-state index in [0.29, 0.717) is 40.1 Å². The molecule has 1 N–H and O–H groups in total. The van der Waals surface area contributed by atoms with E-state index in [1.54, 1.807) is 37.5 Å². The van der Waals surface area contributed by atoms with E-state index in [9.17, 15) is 19.2 Å². The van der Waals surface area contributed by atoms with Gasteiger partial charge >= 0.3 is 0 Å². The lowest BCUT2D eigenvalue weighted by Gasteiger charge is -2.24. The van der Waals surface area contributed by atoms with E-state index >= 15 is 4.39 Å². The fourth-order valence-corrected chi connectivity index (χ4v) is 6.73. The second-order valence-corrected chi connectivity index (χ2v) is 13.5. The van der Waals surface area contributed by atoms with Crippen molar-refractivity contribution in [1.29, 1.82) is 0 Å². The zero-order valence-corrected chi connectivity index (χ0v) is 29.0. The Bertz CT molecular complexity index is 1920. The first-order valence-electron chi connectivity index (χ1n) is 16.3. The van der Waals surface area contributed by atoms with Gasteiger partial charge in [-0.15, -0.1) is 0 Å². The van der Waals surface area contributed by atoms with Crippen LogP contribution in [0.25, 0.3) is 22.0 Å². The van der Waals surface area contributed by atoms with E-state index < -0.39 is 17.6 Å². The number of hydrogen-bond acceptors (Lipinski definition) is 9. The van der Waals surface area contributed by atoms with Crippen molar-refractivity contribution in [1.82, 2.24) is 34.9 Å². The van der Waals surface area contributed by atoms with Crippen molar-refractivity contribution >= 4 is 50.2 Å². The molecule has 12 nitrogen and oxygen atoms in total. The van der Waals surface area contributed by atoms with Crippen LogP contribution < -0.4 is 5.32 Å². The van der Waals surface area contributed by atoms with Gasteiger partial charge in [0.25, 0.3) is 0 Å². The molecule has 0 spiro atoms. The zero-order valence-electron chi connectivity index (χ0n) is 27.4. The van der Waals surface area contributed by atoms with Gasteiger partial charge in [-0.2, -0.15) is 5.10 Å². The monoisotopic (exact) mass is 733 g/mol. The third kappa shape index (κ3) is 7.91. The number of aromatic nitrogens is 5.